The minimum atomic E-state index is -0.609. The maximum atomic E-state index is 14.5. The molecule has 0 aliphatic rings. The van der Waals surface area contributed by atoms with Gasteiger partial charge in [0.05, 0.1) is 36.9 Å². The number of rotatable bonds is 6. The van der Waals surface area contributed by atoms with Gasteiger partial charge < -0.3 is 14.8 Å². The highest BCUT2D eigenvalue weighted by atomic mass is 127. The number of benzene rings is 1. The lowest BCUT2D eigenvalue weighted by Crippen LogP contribution is -2.26. The van der Waals surface area contributed by atoms with Gasteiger partial charge in [0.25, 0.3) is 5.91 Å². The molecule has 29 heavy (non-hydrogen) atoms. The van der Waals surface area contributed by atoms with E-state index in [1.807, 2.05) is 29.5 Å². The third kappa shape index (κ3) is 3.54. The average Bonchev–Trinajstić information content (AvgIpc) is 3.31. The van der Waals surface area contributed by atoms with Crippen LogP contribution in [0.1, 0.15) is 15.9 Å². The topological polar surface area (TPSA) is 101 Å². The maximum Gasteiger partial charge on any atom is 0.282 e. The number of nitrogens with one attached hydrogen (secondary N) is 2. The summed E-state index contributed by atoms with van der Waals surface area (Å²) < 4.78 is 22.6. The summed E-state index contributed by atoms with van der Waals surface area (Å²) in [5, 5.41) is 12.6. The van der Waals surface area contributed by atoms with Crippen molar-refractivity contribution in [2.75, 3.05) is 18.5 Å². The second-order valence-electron chi connectivity index (χ2n) is 6.25. The Bertz CT molecular complexity index is 1220. The van der Waals surface area contributed by atoms with Crippen molar-refractivity contribution in [1.29, 1.82) is 0 Å². The Morgan fingerprint density at radius 1 is 1.45 bits per heavy atom. The van der Waals surface area contributed by atoms with E-state index in [2.05, 4.69) is 15.8 Å². The number of fused-ring (bicyclic) bond motifs is 3. The van der Waals surface area contributed by atoms with Gasteiger partial charge in [0, 0.05) is 8.96 Å². The third-order valence-corrected chi connectivity index (χ3v) is 5.01. The van der Waals surface area contributed by atoms with E-state index in [0.717, 1.165) is 9.13 Å². The monoisotopic (exact) mass is 510 g/mol. The number of aromatic nitrogens is 2. The highest BCUT2D eigenvalue weighted by Crippen LogP contribution is 2.35. The van der Waals surface area contributed by atoms with Gasteiger partial charge in [0.1, 0.15) is 23.5 Å². The van der Waals surface area contributed by atoms with Crippen LogP contribution in [0.25, 0.3) is 16.5 Å². The number of aryl methyl sites for hydroxylation is 1. The van der Waals surface area contributed by atoms with Crippen molar-refractivity contribution in [3.05, 3.63) is 57.5 Å². The highest BCUT2D eigenvalue weighted by molar-refractivity contribution is 14.1. The number of hydrogen-bond donors (Lipinski definition) is 3. The molecule has 0 bridgehead atoms. The number of imidazole rings is 1. The van der Waals surface area contributed by atoms with Crippen LogP contribution in [0.2, 0.25) is 0 Å². The Morgan fingerprint density at radius 3 is 3.03 bits per heavy atom. The number of carbonyl (C=O) groups excluding carboxylic acids is 1. The fourth-order valence-electron chi connectivity index (χ4n) is 3.10. The summed E-state index contributed by atoms with van der Waals surface area (Å²) in [6, 6.07) is 4.71. The Morgan fingerprint density at radius 2 is 2.28 bits per heavy atom. The Labute approximate surface area is 177 Å². The summed E-state index contributed by atoms with van der Waals surface area (Å²) in [7, 11) is 0. The van der Waals surface area contributed by atoms with Crippen molar-refractivity contribution in [1.82, 2.24) is 14.9 Å². The largest absolute Gasteiger partial charge is 0.463 e. The molecular weight excluding hydrogens is 494 g/mol. The van der Waals surface area contributed by atoms with Crippen molar-refractivity contribution >= 4 is 56.5 Å². The van der Waals surface area contributed by atoms with Crippen LogP contribution in [0.15, 0.2) is 41.4 Å². The van der Waals surface area contributed by atoms with Gasteiger partial charge in [-0.3, -0.25) is 14.0 Å². The van der Waals surface area contributed by atoms with Gasteiger partial charge in [-0.2, -0.15) is 0 Å². The lowest BCUT2D eigenvalue weighted by Gasteiger charge is -2.16. The fourth-order valence-corrected chi connectivity index (χ4v) is 3.55. The summed E-state index contributed by atoms with van der Waals surface area (Å²) in [5.74, 6) is -0.810. The zero-order valence-electron chi connectivity index (χ0n) is 15.2. The zero-order valence-corrected chi connectivity index (χ0v) is 17.4. The molecule has 3 N–H and O–H groups in total. The molecule has 0 saturated heterocycles. The van der Waals surface area contributed by atoms with Crippen LogP contribution in [-0.4, -0.2) is 33.6 Å². The van der Waals surface area contributed by atoms with Gasteiger partial charge >= 0.3 is 0 Å². The van der Waals surface area contributed by atoms with Crippen LogP contribution in [0.5, 0.6) is 0 Å². The van der Waals surface area contributed by atoms with E-state index < -0.39 is 11.7 Å². The summed E-state index contributed by atoms with van der Waals surface area (Å²) in [6.07, 6.45) is 4.71. The molecule has 4 rings (SSSR count). The van der Waals surface area contributed by atoms with E-state index in [1.54, 1.807) is 22.7 Å². The summed E-state index contributed by atoms with van der Waals surface area (Å²) in [6.45, 7) is 1.53. The maximum absolute atomic E-state index is 14.5. The van der Waals surface area contributed by atoms with Gasteiger partial charge in [-0.15, -0.1) is 0 Å². The number of aliphatic hydroxyl groups excluding tert-OH is 1. The summed E-state index contributed by atoms with van der Waals surface area (Å²) >= 11 is 2.02. The number of hydroxylamine groups is 1. The number of halogens is 2. The van der Waals surface area contributed by atoms with Gasteiger partial charge in [0.15, 0.2) is 5.58 Å². The molecule has 8 nitrogen and oxygen atoms in total. The van der Waals surface area contributed by atoms with E-state index in [1.165, 1.54) is 18.7 Å². The van der Waals surface area contributed by atoms with Crippen LogP contribution in [0.3, 0.4) is 0 Å². The molecular formula is C19H16FIN4O4. The minimum absolute atomic E-state index is 0.0755. The summed E-state index contributed by atoms with van der Waals surface area (Å²) in [5.41, 5.74) is 4.43. The van der Waals surface area contributed by atoms with Gasteiger partial charge in [-0.1, -0.05) is 0 Å². The molecule has 150 valence electrons. The van der Waals surface area contributed by atoms with E-state index in [-0.39, 0.29) is 30.3 Å². The molecule has 3 heterocycles. The van der Waals surface area contributed by atoms with Crippen molar-refractivity contribution < 1.29 is 23.5 Å². The molecule has 0 aliphatic carbocycles. The first-order valence-electron chi connectivity index (χ1n) is 8.62. The Hall–Kier alpha value is -2.70. The van der Waals surface area contributed by atoms with Crippen molar-refractivity contribution in [2.24, 2.45) is 0 Å². The predicted molar refractivity (Wildman–Crippen MR) is 113 cm³/mol. The summed E-state index contributed by atoms with van der Waals surface area (Å²) in [4.78, 5) is 22.1. The SMILES string of the molecule is Cc1coc2c(C(=O)NOCCO)c(Nc3ccc(I)cc3F)n3cncc3c12. The van der Waals surface area contributed by atoms with E-state index >= 15 is 0 Å². The number of nitrogens with zero attached hydrogens (tertiary/aromatic N) is 2. The number of hydrogen-bond acceptors (Lipinski definition) is 6. The smallest absolute Gasteiger partial charge is 0.282 e. The number of anilines is 2. The lowest BCUT2D eigenvalue weighted by atomic mass is 10.1. The molecule has 0 aliphatic heterocycles. The fraction of sp³-hybridized carbons (Fsp3) is 0.158. The molecule has 0 atom stereocenters. The number of carbonyl (C=O) groups is 1. The second kappa shape index (κ2) is 7.97. The van der Waals surface area contributed by atoms with Crippen LogP contribution in [0, 0.1) is 16.3 Å². The lowest BCUT2D eigenvalue weighted by molar-refractivity contribution is 0.0169. The van der Waals surface area contributed by atoms with E-state index in [0.29, 0.717) is 16.5 Å². The molecule has 1 amide bonds. The Balaban J connectivity index is 1.93. The Kier molecular flexibility index (Phi) is 5.39. The van der Waals surface area contributed by atoms with Crippen LogP contribution in [-0.2, 0) is 4.84 Å². The third-order valence-electron chi connectivity index (χ3n) is 4.34. The second-order valence-corrected chi connectivity index (χ2v) is 7.49. The van der Waals surface area contributed by atoms with E-state index in [4.69, 9.17) is 14.4 Å². The van der Waals surface area contributed by atoms with E-state index in [9.17, 15) is 9.18 Å². The predicted octanol–water partition coefficient (Wildman–Crippen LogP) is 3.53. The molecule has 0 radical (unpaired) electrons. The van der Waals surface area contributed by atoms with Crippen molar-refractivity contribution in [3.8, 4) is 0 Å². The first-order chi connectivity index (χ1) is 14.0. The van der Waals surface area contributed by atoms with Crippen LogP contribution < -0.4 is 10.8 Å². The number of aliphatic hydroxyl groups is 1. The van der Waals surface area contributed by atoms with Crippen LogP contribution >= 0.6 is 22.6 Å². The minimum Gasteiger partial charge on any atom is -0.463 e. The quantitative estimate of drug-likeness (QED) is 0.209. The first kappa shape index (κ1) is 19.6. The molecule has 0 spiro atoms. The molecule has 0 unspecified atom stereocenters. The zero-order chi connectivity index (χ0) is 20.5. The molecule has 1 aromatic carbocycles. The first-order valence-corrected chi connectivity index (χ1v) is 9.70. The molecule has 4 aromatic rings. The van der Waals surface area contributed by atoms with Crippen molar-refractivity contribution in [3.63, 3.8) is 0 Å². The highest BCUT2D eigenvalue weighted by Gasteiger charge is 2.25. The number of amides is 1. The molecule has 10 heteroatoms. The average molecular weight is 510 g/mol. The van der Waals surface area contributed by atoms with Crippen LogP contribution in [0.4, 0.5) is 15.9 Å². The number of furan rings is 1. The molecule has 3 aromatic heterocycles. The molecule has 0 fully saturated rings. The van der Waals surface area contributed by atoms with Crippen molar-refractivity contribution in [2.45, 2.75) is 6.92 Å². The molecule has 0 saturated carbocycles. The van der Waals surface area contributed by atoms with Gasteiger partial charge in [-0.25, -0.2) is 14.9 Å². The van der Waals surface area contributed by atoms with Gasteiger partial charge in [-0.05, 0) is 53.3 Å². The standard InChI is InChI=1S/C19H16FIN4O4/c1-10-8-28-17-15(10)14-7-22-9-25(14)18(16(17)19(27)24-29-5-4-26)23-13-3-2-11(21)6-12(13)20/h2-3,6-9,23,26H,4-5H2,1H3,(H,24,27). The van der Waals surface area contributed by atoms with Gasteiger partial charge in [0.2, 0.25) is 0 Å². The normalized spacial score (nSPS) is 11.3. The number of pyridine rings is 1.